The first-order valence-electron chi connectivity index (χ1n) is 10.2. The van der Waals surface area contributed by atoms with Crippen LogP contribution in [0.25, 0.3) is 0 Å². The summed E-state index contributed by atoms with van der Waals surface area (Å²) in [6.07, 6.45) is 0.0712. The number of carbonyl (C=O) groups is 2. The Hall–Kier alpha value is -3.51. The fourth-order valence-corrected chi connectivity index (χ4v) is 4.09. The molecule has 3 aromatic carbocycles. The number of halogens is 1. The maximum absolute atomic E-state index is 13.2. The average Bonchev–Trinajstić information content (AvgIpc) is 3.14. The van der Waals surface area contributed by atoms with Crippen LogP contribution in [-0.4, -0.2) is 30.9 Å². The fourth-order valence-electron chi connectivity index (χ4n) is 3.92. The zero-order chi connectivity index (χ0) is 22.7. The zero-order valence-corrected chi connectivity index (χ0v) is 18.6. The summed E-state index contributed by atoms with van der Waals surface area (Å²) in [6, 6.07) is 19.5. The van der Waals surface area contributed by atoms with Crippen LogP contribution < -0.4 is 14.8 Å². The number of methoxy groups -OCH3 is 2. The van der Waals surface area contributed by atoms with Crippen molar-refractivity contribution in [3.63, 3.8) is 0 Å². The van der Waals surface area contributed by atoms with Crippen LogP contribution in [0.5, 0.6) is 11.5 Å². The number of ether oxygens (including phenoxy) is 2. The van der Waals surface area contributed by atoms with Crippen LogP contribution in [0, 0.1) is 0 Å². The SMILES string of the molecule is COc1ccc([C@H](CC(=O)Nc2cc(Cl)ccc2OC)N2Cc3ccccc3C2=O)cc1. The lowest BCUT2D eigenvalue weighted by atomic mass is 10.0. The van der Waals surface area contributed by atoms with Crippen molar-refractivity contribution in [3.05, 3.63) is 88.4 Å². The van der Waals surface area contributed by atoms with E-state index < -0.39 is 6.04 Å². The van der Waals surface area contributed by atoms with Crippen molar-refractivity contribution in [2.24, 2.45) is 0 Å². The minimum absolute atomic E-state index is 0.0712. The normalized spacial score (nSPS) is 13.5. The lowest BCUT2D eigenvalue weighted by Crippen LogP contribution is -2.32. The van der Waals surface area contributed by atoms with Gasteiger partial charge in [0.05, 0.1) is 32.4 Å². The Morgan fingerprint density at radius 1 is 1.06 bits per heavy atom. The van der Waals surface area contributed by atoms with Gasteiger partial charge in [-0.3, -0.25) is 9.59 Å². The van der Waals surface area contributed by atoms with E-state index >= 15 is 0 Å². The van der Waals surface area contributed by atoms with E-state index in [1.807, 2.05) is 48.5 Å². The highest BCUT2D eigenvalue weighted by molar-refractivity contribution is 6.31. The minimum Gasteiger partial charge on any atom is -0.497 e. The summed E-state index contributed by atoms with van der Waals surface area (Å²) < 4.78 is 10.6. The number of carbonyl (C=O) groups excluding carboxylic acids is 2. The van der Waals surface area contributed by atoms with Gasteiger partial charge in [-0.25, -0.2) is 0 Å². The largest absolute Gasteiger partial charge is 0.497 e. The molecule has 1 atom stereocenters. The Balaban J connectivity index is 1.62. The monoisotopic (exact) mass is 450 g/mol. The van der Waals surface area contributed by atoms with Crippen molar-refractivity contribution in [2.45, 2.75) is 19.0 Å². The minimum atomic E-state index is -0.453. The summed E-state index contributed by atoms with van der Waals surface area (Å²) in [4.78, 5) is 28.0. The number of amides is 2. The molecule has 0 aromatic heterocycles. The number of rotatable bonds is 7. The van der Waals surface area contributed by atoms with Crippen LogP contribution in [-0.2, 0) is 11.3 Å². The molecule has 32 heavy (non-hydrogen) atoms. The highest BCUT2D eigenvalue weighted by Gasteiger charge is 2.34. The Kier molecular flexibility index (Phi) is 6.32. The molecule has 4 rings (SSSR count). The summed E-state index contributed by atoms with van der Waals surface area (Å²) in [5, 5.41) is 3.36. The molecule has 0 radical (unpaired) electrons. The van der Waals surface area contributed by atoms with Crippen molar-refractivity contribution >= 4 is 29.1 Å². The lowest BCUT2D eigenvalue weighted by molar-refractivity contribution is -0.117. The van der Waals surface area contributed by atoms with Crippen molar-refractivity contribution < 1.29 is 19.1 Å². The molecular formula is C25H23ClN2O4. The van der Waals surface area contributed by atoms with Gasteiger partial charge in [-0.05, 0) is 47.5 Å². The van der Waals surface area contributed by atoms with Gasteiger partial charge in [0.1, 0.15) is 11.5 Å². The number of anilines is 1. The lowest BCUT2D eigenvalue weighted by Gasteiger charge is -2.28. The van der Waals surface area contributed by atoms with Crippen LogP contribution >= 0.6 is 11.6 Å². The summed E-state index contributed by atoms with van der Waals surface area (Å²) in [7, 11) is 3.12. The standard InChI is InChI=1S/C25H23ClN2O4/c1-31-19-10-7-16(8-11-19)22(28-15-17-5-3-4-6-20(17)25(28)30)14-24(29)27-21-13-18(26)9-12-23(21)32-2/h3-13,22H,14-15H2,1-2H3,(H,27,29)/t22-/m0/s1. The van der Waals surface area contributed by atoms with Crippen LogP contribution in [0.3, 0.4) is 0 Å². The van der Waals surface area contributed by atoms with Crippen molar-refractivity contribution in [1.82, 2.24) is 4.90 Å². The van der Waals surface area contributed by atoms with E-state index in [-0.39, 0.29) is 18.2 Å². The van der Waals surface area contributed by atoms with E-state index in [0.717, 1.165) is 11.1 Å². The van der Waals surface area contributed by atoms with Gasteiger partial charge in [0.2, 0.25) is 5.91 Å². The molecular weight excluding hydrogens is 428 g/mol. The molecule has 2 amide bonds. The number of nitrogens with one attached hydrogen (secondary N) is 1. The Labute approximate surface area is 191 Å². The molecule has 1 aliphatic heterocycles. The van der Waals surface area contributed by atoms with Gasteiger partial charge < -0.3 is 19.7 Å². The van der Waals surface area contributed by atoms with Crippen LogP contribution in [0.15, 0.2) is 66.7 Å². The third-order valence-electron chi connectivity index (χ3n) is 5.54. The molecule has 0 saturated carbocycles. The van der Waals surface area contributed by atoms with Gasteiger partial charge in [-0.1, -0.05) is 41.9 Å². The molecule has 1 N–H and O–H groups in total. The first kappa shape index (κ1) is 21.7. The van der Waals surface area contributed by atoms with E-state index in [1.165, 1.54) is 7.11 Å². The van der Waals surface area contributed by atoms with Crippen molar-refractivity contribution in [3.8, 4) is 11.5 Å². The van der Waals surface area contributed by atoms with Crippen LogP contribution in [0.4, 0.5) is 5.69 Å². The molecule has 7 heteroatoms. The molecule has 1 aliphatic rings. The maximum atomic E-state index is 13.2. The number of hydrogen-bond acceptors (Lipinski definition) is 4. The van der Waals surface area contributed by atoms with E-state index in [2.05, 4.69) is 5.32 Å². The van der Waals surface area contributed by atoms with Gasteiger partial charge in [0.15, 0.2) is 0 Å². The Morgan fingerprint density at radius 2 is 1.81 bits per heavy atom. The van der Waals surface area contributed by atoms with E-state index in [4.69, 9.17) is 21.1 Å². The molecule has 6 nitrogen and oxygen atoms in total. The van der Waals surface area contributed by atoms with Crippen molar-refractivity contribution in [2.75, 3.05) is 19.5 Å². The predicted molar refractivity (Wildman–Crippen MR) is 123 cm³/mol. The molecule has 0 unspecified atom stereocenters. The van der Waals surface area contributed by atoms with E-state index in [9.17, 15) is 9.59 Å². The molecule has 3 aromatic rings. The second-order valence-electron chi connectivity index (χ2n) is 7.48. The highest BCUT2D eigenvalue weighted by Crippen LogP contribution is 2.35. The summed E-state index contributed by atoms with van der Waals surface area (Å²) in [5.41, 5.74) is 2.95. The van der Waals surface area contributed by atoms with Gasteiger partial charge in [0, 0.05) is 17.1 Å². The highest BCUT2D eigenvalue weighted by atomic mass is 35.5. The third-order valence-corrected chi connectivity index (χ3v) is 5.78. The predicted octanol–water partition coefficient (Wildman–Crippen LogP) is 5.08. The van der Waals surface area contributed by atoms with Crippen LogP contribution in [0.2, 0.25) is 5.02 Å². The molecule has 164 valence electrons. The number of hydrogen-bond donors (Lipinski definition) is 1. The summed E-state index contributed by atoms with van der Waals surface area (Å²) in [5.74, 6) is 0.870. The van der Waals surface area contributed by atoms with E-state index in [0.29, 0.717) is 34.3 Å². The Morgan fingerprint density at radius 3 is 2.50 bits per heavy atom. The number of fused-ring (bicyclic) bond motifs is 1. The maximum Gasteiger partial charge on any atom is 0.255 e. The van der Waals surface area contributed by atoms with Gasteiger partial charge >= 0.3 is 0 Å². The third kappa shape index (κ3) is 4.41. The zero-order valence-electron chi connectivity index (χ0n) is 17.8. The summed E-state index contributed by atoms with van der Waals surface area (Å²) in [6.45, 7) is 0.444. The fraction of sp³-hybridized carbons (Fsp3) is 0.200. The Bertz CT molecular complexity index is 1150. The second kappa shape index (κ2) is 9.32. The molecule has 0 spiro atoms. The molecule has 0 aliphatic carbocycles. The van der Waals surface area contributed by atoms with Crippen molar-refractivity contribution in [1.29, 1.82) is 0 Å². The quantitative estimate of drug-likeness (QED) is 0.544. The topological polar surface area (TPSA) is 67.9 Å². The van der Waals surface area contributed by atoms with Gasteiger partial charge in [0.25, 0.3) is 5.91 Å². The molecule has 0 fully saturated rings. The first-order valence-corrected chi connectivity index (χ1v) is 10.5. The first-order chi connectivity index (χ1) is 15.5. The number of benzene rings is 3. The molecule has 0 bridgehead atoms. The van der Waals surface area contributed by atoms with Gasteiger partial charge in [-0.15, -0.1) is 0 Å². The van der Waals surface area contributed by atoms with E-state index in [1.54, 1.807) is 30.2 Å². The number of nitrogens with zero attached hydrogens (tertiary/aromatic N) is 1. The molecule has 0 saturated heterocycles. The summed E-state index contributed by atoms with van der Waals surface area (Å²) >= 11 is 6.09. The molecule has 1 heterocycles. The average molecular weight is 451 g/mol. The second-order valence-corrected chi connectivity index (χ2v) is 7.91. The van der Waals surface area contributed by atoms with Gasteiger partial charge in [-0.2, -0.15) is 0 Å². The van der Waals surface area contributed by atoms with Crippen LogP contribution in [0.1, 0.15) is 33.9 Å². The smallest absolute Gasteiger partial charge is 0.255 e.